The molecule has 1 heterocycles. The van der Waals surface area contributed by atoms with Gasteiger partial charge in [-0.2, -0.15) is 0 Å². The molecule has 1 aliphatic rings. The van der Waals surface area contributed by atoms with Gasteiger partial charge in [0.25, 0.3) is 0 Å². The fraction of sp³-hybridized carbons (Fsp3) is 1.00. The Morgan fingerprint density at radius 3 is 2.12 bits per heavy atom. The predicted molar refractivity (Wildman–Crippen MR) is 63.3 cm³/mol. The third-order valence-electron chi connectivity index (χ3n) is 3.05. The van der Waals surface area contributed by atoms with Crippen molar-refractivity contribution in [3.05, 3.63) is 0 Å². The zero-order chi connectivity index (χ0) is 12.0. The molecule has 0 aromatic rings. The zero-order valence-corrected chi connectivity index (χ0v) is 10.7. The second-order valence-corrected chi connectivity index (χ2v) is 4.64. The largest absolute Gasteiger partial charge is 0.390 e. The minimum Gasteiger partial charge on any atom is -0.390 e. The quantitative estimate of drug-likeness (QED) is 0.698. The van der Waals surface area contributed by atoms with Gasteiger partial charge in [0.05, 0.1) is 5.60 Å². The highest BCUT2D eigenvalue weighted by atomic mass is 16.7. The monoisotopic (exact) mass is 231 g/mol. The van der Waals surface area contributed by atoms with Crippen LogP contribution in [-0.2, 0) is 9.47 Å². The average molecular weight is 231 g/mol. The van der Waals surface area contributed by atoms with Crippen molar-refractivity contribution in [3.63, 3.8) is 0 Å². The van der Waals surface area contributed by atoms with Gasteiger partial charge >= 0.3 is 0 Å². The number of hydrogen-bond acceptors (Lipinski definition) is 4. The number of likely N-dealkylation sites (tertiary alicyclic amines) is 1. The lowest BCUT2D eigenvalue weighted by Gasteiger charge is -2.37. The normalized spacial score (nSPS) is 21.6. The molecule has 0 aromatic carbocycles. The molecule has 0 unspecified atom stereocenters. The lowest BCUT2D eigenvalue weighted by Crippen LogP contribution is -2.46. The van der Waals surface area contributed by atoms with E-state index < -0.39 is 5.60 Å². The number of nitrogens with zero attached hydrogens (tertiary/aromatic N) is 1. The van der Waals surface area contributed by atoms with Crippen molar-refractivity contribution in [2.45, 2.75) is 45.5 Å². The second-order valence-electron chi connectivity index (χ2n) is 4.64. The molecule has 1 aliphatic heterocycles. The number of aliphatic hydroxyl groups is 1. The van der Waals surface area contributed by atoms with Crippen LogP contribution in [-0.4, -0.2) is 54.7 Å². The van der Waals surface area contributed by atoms with Crippen LogP contribution in [0.2, 0.25) is 0 Å². The van der Waals surface area contributed by atoms with Crippen LogP contribution in [0.3, 0.4) is 0 Å². The summed E-state index contributed by atoms with van der Waals surface area (Å²) in [5.74, 6) is 0. The van der Waals surface area contributed by atoms with E-state index in [0.29, 0.717) is 13.2 Å². The molecule has 1 saturated heterocycles. The van der Waals surface area contributed by atoms with Crippen LogP contribution >= 0.6 is 0 Å². The van der Waals surface area contributed by atoms with Crippen LogP contribution < -0.4 is 0 Å². The summed E-state index contributed by atoms with van der Waals surface area (Å²) in [7, 11) is 0. The van der Waals surface area contributed by atoms with Crippen molar-refractivity contribution in [3.8, 4) is 0 Å². The standard InChI is InChI=1S/C12H25NO3/c1-4-15-11(16-5-2)10-13-8-6-12(3,14)7-9-13/h11,14H,4-10H2,1-3H3. The highest BCUT2D eigenvalue weighted by molar-refractivity contribution is 4.81. The molecule has 0 aliphatic carbocycles. The average Bonchev–Trinajstić information content (AvgIpc) is 2.22. The first-order valence-electron chi connectivity index (χ1n) is 6.25. The summed E-state index contributed by atoms with van der Waals surface area (Å²) in [4.78, 5) is 2.30. The third kappa shape index (κ3) is 4.78. The van der Waals surface area contributed by atoms with E-state index in [-0.39, 0.29) is 6.29 Å². The molecule has 1 rings (SSSR count). The number of ether oxygens (including phenoxy) is 2. The molecular formula is C12H25NO3. The van der Waals surface area contributed by atoms with E-state index in [1.165, 1.54) is 0 Å². The summed E-state index contributed by atoms with van der Waals surface area (Å²) in [5, 5.41) is 9.84. The summed E-state index contributed by atoms with van der Waals surface area (Å²) >= 11 is 0. The van der Waals surface area contributed by atoms with Gasteiger partial charge in [0.2, 0.25) is 0 Å². The molecule has 16 heavy (non-hydrogen) atoms. The van der Waals surface area contributed by atoms with Gasteiger partial charge in [0, 0.05) is 32.8 Å². The van der Waals surface area contributed by atoms with Crippen LogP contribution in [0.1, 0.15) is 33.6 Å². The molecular weight excluding hydrogens is 206 g/mol. The summed E-state index contributed by atoms with van der Waals surface area (Å²) < 4.78 is 11.0. The van der Waals surface area contributed by atoms with Crippen LogP contribution in [0.25, 0.3) is 0 Å². The Labute approximate surface area is 98.5 Å². The number of piperidine rings is 1. The summed E-state index contributed by atoms with van der Waals surface area (Å²) in [5.41, 5.74) is -0.483. The van der Waals surface area contributed by atoms with Crippen molar-refractivity contribution >= 4 is 0 Å². The number of hydrogen-bond donors (Lipinski definition) is 1. The van der Waals surface area contributed by atoms with Crippen LogP contribution in [0.5, 0.6) is 0 Å². The lowest BCUT2D eigenvalue weighted by molar-refractivity contribution is -0.152. The maximum atomic E-state index is 9.84. The van der Waals surface area contributed by atoms with Crippen molar-refractivity contribution in [2.75, 3.05) is 32.8 Å². The molecule has 0 bridgehead atoms. The predicted octanol–water partition coefficient (Wildman–Crippen LogP) is 1.23. The third-order valence-corrected chi connectivity index (χ3v) is 3.05. The first kappa shape index (κ1) is 13.9. The van der Waals surface area contributed by atoms with Crippen molar-refractivity contribution in [1.29, 1.82) is 0 Å². The minimum absolute atomic E-state index is 0.127. The maximum absolute atomic E-state index is 9.84. The fourth-order valence-electron chi connectivity index (χ4n) is 1.95. The van der Waals surface area contributed by atoms with E-state index in [2.05, 4.69) is 4.90 Å². The SMILES string of the molecule is CCOC(CN1CCC(C)(O)CC1)OCC. The number of rotatable bonds is 6. The molecule has 96 valence electrons. The lowest BCUT2D eigenvalue weighted by atomic mass is 9.94. The second kappa shape index (κ2) is 6.55. The van der Waals surface area contributed by atoms with E-state index in [4.69, 9.17) is 9.47 Å². The maximum Gasteiger partial charge on any atom is 0.170 e. The van der Waals surface area contributed by atoms with Gasteiger partial charge in [-0.25, -0.2) is 0 Å². The van der Waals surface area contributed by atoms with Crippen LogP contribution in [0.15, 0.2) is 0 Å². The Morgan fingerprint density at radius 2 is 1.69 bits per heavy atom. The molecule has 0 amide bonds. The highest BCUT2D eigenvalue weighted by Crippen LogP contribution is 2.21. The van der Waals surface area contributed by atoms with E-state index in [1.54, 1.807) is 0 Å². The van der Waals surface area contributed by atoms with E-state index in [9.17, 15) is 5.11 Å². The van der Waals surface area contributed by atoms with E-state index >= 15 is 0 Å². The van der Waals surface area contributed by atoms with Crippen LogP contribution in [0.4, 0.5) is 0 Å². The summed E-state index contributed by atoms with van der Waals surface area (Å²) in [6.07, 6.45) is 1.54. The van der Waals surface area contributed by atoms with Crippen molar-refractivity contribution < 1.29 is 14.6 Å². The Kier molecular flexibility index (Phi) is 5.69. The van der Waals surface area contributed by atoms with Gasteiger partial charge in [-0.1, -0.05) is 0 Å². The van der Waals surface area contributed by atoms with E-state index in [0.717, 1.165) is 32.5 Å². The zero-order valence-electron chi connectivity index (χ0n) is 10.7. The first-order chi connectivity index (χ1) is 7.57. The van der Waals surface area contributed by atoms with Crippen molar-refractivity contribution in [1.82, 2.24) is 4.90 Å². The Bertz CT molecular complexity index is 181. The Balaban J connectivity index is 2.30. The van der Waals surface area contributed by atoms with Gasteiger partial charge in [0.15, 0.2) is 6.29 Å². The highest BCUT2D eigenvalue weighted by Gasteiger charge is 2.28. The molecule has 0 spiro atoms. The summed E-state index contributed by atoms with van der Waals surface area (Å²) in [6.45, 7) is 9.87. The van der Waals surface area contributed by atoms with Crippen molar-refractivity contribution in [2.24, 2.45) is 0 Å². The first-order valence-corrected chi connectivity index (χ1v) is 6.25. The molecule has 1 N–H and O–H groups in total. The molecule has 0 atom stereocenters. The Morgan fingerprint density at radius 1 is 1.19 bits per heavy atom. The van der Waals surface area contributed by atoms with E-state index in [1.807, 2.05) is 20.8 Å². The van der Waals surface area contributed by atoms with Gasteiger partial charge in [-0.05, 0) is 33.6 Å². The topological polar surface area (TPSA) is 41.9 Å². The molecule has 4 nitrogen and oxygen atoms in total. The fourth-order valence-corrected chi connectivity index (χ4v) is 1.95. The van der Waals surface area contributed by atoms with Gasteiger partial charge in [0.1, 0.15) is 0 Å². The van der Waals surface area contributed by atoms with Gasteiger partial charge in [-0.15, -0.1) is 0 Å². The Hall–Kier alpha value is -0.160. The molecule has 0 saturated carbocycles. The molecule has 0 aromatic heterocycles. The smallest absolute Gasteiger partial charge is 0.170 e. The van der Waals surface area contributed by atoms with Gasteiger partial charge in [-0.3, -0.25) is 4.90 Å². The van der Waals surface area contributed by atoms with Crippen LogP contribution in [0, 0.1) is 0 Å². The molecule has 0 radical (unpaired) electrons. The minimum atomic E-state index is -0.483. The summed E-state index contributed by atoms with van der Waals surface area (Å²) in [6, 6.07) is 0. The molecule has 1 fully saturated rings. The van der Waals surface area contributed by atoms with Gasteiger partial charge < -0.3 is 14.6 Å². The molecule has 4 heteroatoms.